The highest BCUT2D eigenvalue weighted by molar-refractivity contribution is 7.61. The fourth-order valence-electron chi connectivity index (χ4n) is 1.83. The maximum atomic E-state index is 12.9. The van der Waals surface area contributed by atoms with Crippen molar-refractivity contribution < 1.29 is 18.3 Å². The van der Waals surface area contributed by atoms with Crippen LogP contribution < -0.4 is 0 Å². The molecule has 5 nitrogen and oxygen atoms in total. The Morgan fingerprint density at radius 1 is 1.47 bits per heavy atom. The summed E-state index contributed by atoms with van der Waals surface area (Å²) < 4.78 is 23.7. The van der Waals surface area contributed by atoms with Crippen molar-refractivity contribution in [3.63, 3.8) is 0 Å². The monoisotopic (exact) mass is 279 g/mol. The van der Waals surface area contributed by atoms with E-state index in [0.717, 1.165) is 0 Å². The van der Waals surface area contributed by atoms with E-state index < -0.39 is 15.7 Å². The van der Waals surface area contributed by atoms with Gasteiger partial charge in [0, 0.05) is 0 Å². The summed E-state index contributed by atoms with van der Waals surface area (Å²) in [7, 11) is -1.03. The Bertz CT molecular complexity index is 340. The predicted octanol–water partition coefficient (Wildman–Crippen LogP) is 1.95. The van der Waals surface area contributed by atoms with Gasteiger partial charge >= 0.3 is 5.97 Å². The lowest BCUT2D eigenvalue weighted by Crippen LogP contribution is -2.31. The van der Waals surface area contributed by atoms with Crippen LogP contribution in [0, 0.1) is 0 Å². The van der Waals surface area contributed by atoms with Crippen LogP contribution in [0.4, 0.5) is 0 Å². The molecule has 0 radical (unpaired) electrons. The van der Waals surface area contributed by atoms with Crippen LogP contribution in [0.1, 0.15) is 6.42 Å². The first kappa shape index (κ1) is 14.9. The van der Waals surface area contributed by atoms with Crippen molar-refractivity contribution in [1.82, 2.24) is 4.90 Å². The van der Waals surface area contributed by atoms with Gasteiger partial charge in [0.1, 0.15) is 6.61 Å². The summed E-state index contributed by atoms with van der Waals surface area (Å²) in [6, 6.07) is 0. The minimum atomic E-state index is -2.84. The largest absolute Gasteiger partial charge is 0.465 e. The Morgan fingerprint density at radius 3 is 2.41 bits per heavy atom. The number of rotatable bonds is 5. The van der Waals surface area contributed by atoms with Crippen molar-refractivity contribution in [2.24, 2.45) is 0 Å². The normalized spacial score (nSPS) is 24.8. The highest BCUT2D eigenvalue weighted by atomic mass is 31.2. The molecule has 0 aromatic carbocycles. The molecule has 7 heteroatoms. The second-order valence-corrected chi connectivity index (χ2v) is 13.1. The zero-order valence-electron chi connectivity index (χ0n) is 11.2. The third-order valence-corrected chi connectivity index (χ3v) is 8.14. The van der Waals surface area contributed by atoms with Gasteiger partial charge in [-0.2, -0.15) is 0 Å². The molecule has 0 spiro atoms. The maximum absolute atomic E-state index is 12.9. The predicted molar refractivity (Wildman–Crippen MR) is 70.0 cm³/mol. The van der Waals surface area contributed by atoms with Gasteiger partial charge in [0.2, 0.25) is 7.37 Å². The standard InChI is InChI=1S/C10H22NO4PSi/c1-11(2)8-16(13,15-17(3,4)5)9-6-10(12)14-7-9/h9H,6-8H2,1-5H3. The molecule has 1 fully saturated rings. The van der Waals surface area contributed by atoms with Crippen LogP contribution in [0.25, 0.3) is 0 Å². The first-order valence-electron chi connectivity index (χ1n) is 5.72. The van der Waals surface area contributed by atoms with E-state index in [2.05, 4.69) is 0 Å². The number of cyclic esters (lactones) is 1. The highest BCUT2D eigenvalue weighted by Crippen LogP contribution is 2.56. The van der Waals surface area contributed by atoms with Crippen LogP contribution in [-0.2, 0) is 18.3 Å². The second kappa shape index (κ2) is 5.22. The first-order valence-corrected chi connectivity index (χ1v) is 11.0. The number of carbonyl (C=O) groups excluding carboxylic acids is 1. The molecular formula is C10H22NO4PSi. The summed E-state index contributed by atoms with van der Waals surface area (Å²) in [6.45, 7) is 6.25. The molecule has 1 aliphatic rings. The summed E-state index contributed by atoms with van der Waals surface area (Å²) in [5.41, 5.74) is -0.274. The number of carbonyl (C=O) groups is 1. The van der Waals surface area contributed by atoms with Crippen LogP contribution in [0.2, 0.25) is 19.6 Å². The Hall–Kier alpha value is -0.163. The van der Waals surface area contributed by atoms with Gasteiger partial charge in [0.25, 0.3) is 0 Å². The molecule has 0 N–H and O–H groups in total. The maximum Gasteiger partial charge on any atom is 0.306 e. The molecule has 1 rings (SSSR count). The zero-order valence-corrected chi connectivity index (χ0v) is 13.1. The lowest BCUT2D eigenvalue weighted by molar-refractivity contribution is -0.137. The van der Waals surface area contributed by atoms with E-state index >= 15 is 0 Å². The van der Waals surface area contributed by atoms with Crippen molar-refractivity contribution in [2.75, 3.05) is 27.0 Å². The Kier molecular flexibility index (Phi) is 4.58. The van der Waals surface area contributed by atoms with Crippen molar-refractivity contribution in [3.8, 4) is 0 Å². The molecule has 100 valence electrons. The Balaban J connectivity index is 2.86. The summed E-state index contributed by atoms with van der Waals surface area (Å²) >= 11 is 0. The minimum absolute atomic E-state index is 0.218. The molecule has 1 aliphatic heterocycles. The number of esters is 1. The number of hydrogen-bond donors (Lipinski definition) is 0. The average molecular weight is 279 g/mol. The summed E-state index contributed by atoms with van der Waals surface area (Å²) in [6.07, 6.45) is 0.591. The topological polar surface area (TPSA) is 55.8 Å². The lowest BCUT2D eigenvalue weighted by atomic mass is 10.4. The molecule has 0 saturated carbocycles. The third kappa shape index (κ3) is 4.54. The molecular weight excluding hydrogens is 257 g/mol. The van der Waals surface area contributed by atoms with Gasteiger partial charge in [0.05, 0.1) is 18.4 Å². The average Bonchev–Trinajstić information content (AvgIpc) is 2.46. The summed E-state index contributed by atoms with van der Waals surface area (Å²) in [5, 5.41) is 0. The summed E-state index contributed by atoms with van der Waals surface area (Å²) in [5.74, 6) is -0.270. The molecule has 0 bridgehead atoms. The van der Waals surface area contributed by atoms with Crippen LogP contribution in [0.15, 0.2) is 0 Å². The van der Waals surface area contributed by atoms with Crippen LogP contribution in [0.3, 0.4) is 0 Å². The van der Waals surface area contributed by atoms with Gasteiger partial charge < -0.3 is 13.8 Å². The fraction of sp³-hybridized carbons (Fsp3) is 0.900. The quantitative estimate of drug-likeness (QED) is 0.437. The minimum Gasteiger partial charge on any atom is -0.465 e. The third-order valence-electron chi connectivity index (χ3n) is 2.30. The van der Waals surface area contributed by atoms with E-state index in [9.17, 15) is 9.36 Å². The van der Waals surface area contributed by atoms with Crippen LogP contribution >= 0.6 is 7.37 Å². The van der Waals surface area contributed by atoms with Gasteiger partial charge in [-0.15, -0.1) is 0 Å². The van der Waals surface area contributed by atoms with Crippen molar-refractivity contribution >= 4 is 21.7 Å². The molecule has 2 unspecified atom stereocenters. The van der Waals surface area contributed by atoms with Gasteiger partial charge in [-0.05, 0) is 33.7 Å². The zero-order chi connectivity index (χ0) is 13.3. The van der Waals surface area contributed by atoms with E-state index in [1.165, 1.54) is 0 Å². The molecule has 1 saturated heterocycles. The molecule has 0 aliphatic carbocycles. The molecule has 1 heterocycles. The van der Waals surface area contributed by atoms with Crippen molar-refractivity contribution in [1.29, 1.82) is 0 Å². The Labute approximate surface area is 104 Å². The van der Waals surface area contributed by atoms with Gasteiger partial charge in [-0.25, -0.2) is 0 Å². The van der Waals surface area contributed by atoms with E-state index in [1.54, 1.807) is 0 Å². The molecule has 2 atom stereocenters. The number of nitrogens with zero attached hydrogens (tertiary/aromatic N) is 1. The highest BCUT2D eigenvalue weighted by Gasteiger charge is 2.43. The van der Waals surface area contributed by atoms with E-state index in [0.29, 0.717) is 6.29 Å². The van der Waals surface area contributed by atoms with Crippen molar-refractivity contribution in [3.05, 3.63) is 0 Å². The van der Waals surface area contributed by atoms with Crippen molar-refractivity contribution in [2.45, 2.75) is 31.7 Å². The number of hydrogen-bond acceptors (Lipinski definition) is 5. The second-order valence-electron chi connectivity index (χ2n) is 5.69. The van der Waals surface area contributed by atoms with Gasteiger partial charge in [-0.3, -0.25) is 9.36 Å². The van der Waals surface area contributed by atoms with Crippen LogP contribution in [0.5, 0.6) is 0 Å². The van der Waals surface area contributed by atoms with Gasteiger partial charge in [0.15, 0.2) is 8.32 Å². The number of ether oxygens (including phenoxy) is 1. The molecule has 17 heavy (non-hydrogen) atoms. The molecule has 0 amide bonds. The molecule has 0 aromatic rings. The van der Waals surface area contributed by atoms with Gasteiger partial charge in [-0.1, -0.05) is 0 Å². The van der Waals surface area contributed by atoms with E-state index in [1.807, 2.05) is 38.6 Å². The molecule has 0 aromatic heterocycles. The van der Waals surface area contributed by atoms with E-state index in [-0.39, 0.29) is 24.7 Å². The first-order chi connectivity index (χ1) is 7.62. The smallest absolute Gasteiger partial charge is 0.306 e. The van der Waals surface area contributed by atoms with E-state index in [4.69, 9.17) is 8.95 Å². The summed E-state index contributed by atoms with van der Waals surface area (Å²) in [4.78, 5) is 13.0. The Morgan fingerprint density at radius 2 is 2.06 bits per heavy atom. The lowest BCUT2D eigenvalue weighted by Gasteiger charge is -2.31. The SMILES string of the molecule is CN(C)CP(=O)(O[Si](C)(C)C)C1COC(=O)C1. The fourth-order valence-corrected chi connectivity index (χ4v) is 8.11. The van der Waals surface area contributed by atoms with Crippen LogP contribution in [-0.4, -0.2) is 51.8 Å².